The Labute approximate surface area is 118 Å². The molecule has 5 heteroatoms. The van der Waals surface area contributed by atoms with Crippen molar-refractivity contribution in [1.82, 2.24) is 15.2 Å². The number of rotatable bonds is 4. The van der Waals surface area contributed by atoms with Crippen molar-refractivity contribution in [2.45, 2.75) is 19.9 Å². The molecule has 0 aliphatic carbocycles. The summed E-state index contributed by atoms with van der Waals surface area (Å²) >= 11 is 0. The number of nitrogens with one attached hydrogen (secondary N) is 2. The fraction of sp³-hybridized carbons (Fsp3) is 0.333. The molecule has 0 spiro atoms. The summed E-state index contributed by atoms with van der Waals surface area (Å²) in [7, 11) is 1.63. The minimum absolute atomic E-state index is 0.0553. The van der Waals surface area contributed by atoms with Crippen molar-refractivity contribution in [3.8, 4) is 0 Å². The van der Waals surface area contributed by atoms with Gasteiger partial charge in [0.15, 0.2) is 0 Å². The summed E-state index contributed by atoms with van der Waals surface area (Å²) < 4.78 is 0. The minimum atomic E-state index is -0.166. The second-order valence-corrected chi connectivity index (χ2v) is 5.16. The van der Waals surface area contributed by atoms with E-state index < -0.39 is 0 Å². The standard InChI is InChI=1S/C15H19N3O2/c1-10(2)17-14(19)9-18(3)15(20)12-5-4-11-6-7-16-13(11)8-12/h4-8,10,16H,9H2,1-3H3,(H,17,19). The van der Waals surface area contributed by atoms with Crippen LogP contribution in [0.25, 0.3) is 10.9 Å². The van der Waals surface area contributed by atoms with Crippen LogP contribution in [0, 0.1) is 0 Å². The maximum atomic E-state index is 12.3. The van der Waals surface area contributed by atoms with Crippen LogP contribution in [0.5, 0.6) is 0 Å². The Kier molecular flexibility index (Phi) is 4.08. The SMILES string of the molecule is CC(C)NC(=O)CN(C)C(=O)c1ccc2cc[nH]c2c1. The third kappa shape index (κ3) is 3.17. The number of carbonyl (C=O) groups excluding carboxylic acids is 2. The first-order chi connectivity index (χ1) is 9.47. The molecule has 0 unspecified atom stereocenters. The van der Waals surface area contributed by atoms with Crippen molar-refractivity contribution in [2.24, 2.45) is 0 Å². The molecule has 0 saturated carbocycles. The first-order valence-corrected chi connectivity index (χ1v) is 6.59. The summed E-state index contributed by atoms with van der Waals surface area (Å²) in [5.41, 5.74) is 1.48. The van der Waals surface area contributed by atoms with Gasteiger partial charge in [0.2, 0.25) is 5.91 Å². The normalized spacial score (nSPS) is 10.8. The van der Waals surface area contributed by atoms with E-state index in [1.165, 1.54) is 4.90 Å². The molecule has 0 saturated heterocycles. The van der Waals surface area contributed by atoms with Gasteiger partial charge < -0.3 is 15.2 Å². The molecule has 1 aromatic heterocycles. The molecular formula is C15H19N3O2. The maximum absolute atomic E-state index is 12.3. The molecule has 2 aromatic rings. The number of aromatic nitrogens is 1. The minimum Gasteiger partial charge on any atom is -0.361 e. The van der Waals surface area contributed by atoms with Crippen molar-refractivity contribution in [3.05, 3.63) is 36.0 Å². The summed E-state index contributed by atoms with van der Waals surface area (Å²) in [5.74, 6) is -0.322. The highest BCUT2D eigenvalue weighted by molar-refractivity contribution is 5.99. The zero-order chi connectivity index (χ0) is 14.7. The predicted octanol–water partition coefficient (Wildman–Crippen LogP) is 1.76. The van der Waals surface area contributed by atoms with E-state index >= 15 is 0 Å². The van der Waals surface area contributed by atoms with Gasteiger partial charge in [-0.1, -0.05) is 6.07 Å². The largest absolute Gasteiger partial charge is 0.361 e. The van der Waals surface area contributed by atoms with Crippen LogP contribution in [0.15, 0.2) is 30.5 Å². The third-order valence-corrected chi connectivity index (χ3v) is 2.98. The van der Waals surface area contributed by atoms with Crippen molar-refractivity contribution in [3.63, 3.8) is 0 Å². The molecule has 0 aliphatic heterocycles. The number of hydrogen-bond donors (Lipinski definition) is 2. The molecule has 0 aliphatic rings. The Bertz CT molecular complexity index is 631. The van der Waals surface area contributed by atoms with Gasteiger partial charge in [-0.15, -0.1) is 0 Å². The van der Waals surface area contributed by atoms with E-state index in [1.54, 1.807) is 19.2 Å². The van der Waals surface area contributed by atoms with Gasteiger partial charge in [0.25, 0.3) is 5.91 Å². The smallest absolute Gasteiger partial charge is 0.254 e. The Hall–Kier alpha value is -2.30. The van der Waals surface area contributed by atoms with Crippen molar-refractivity contribution >= 4 is 22.7 Å². The van der Waals surface area contributed by atoms with Crippen LogP contribution in [-0.2, 0) is 4.79 Å². The molecule has 0 fully saturated rings. The molecule has 0 bridgehead atoms. The van der Waals surface area contributed by atoms with Gasteiger partial charge in [0, 0.05) is 30.4 Å². The highest BCUT2D eigenvalue weighted by atomic mass is 16.2. The lowest BCUT2D eigenvalue weighted by atomic mass is 10.1. The molecule has 5 nitrogen and oxygen atoms in total. The fourth-order valence-electron chi connectivity index (χ4n) is 2.06. The molecule has 20 heavy (non-hydrogen) atoms. The number of aromatic amines is 1. The van der Waals surface area contributed by atoms with E-state index in [0.29, 0.717) is 5.56 Å². The number of benzene rings is 1. The third-order valence-electron chi connectivity index (χ3n) is 2.98. The van der Waals surface area contributed by atoms with Crippen LogP contribution in [-0.4, -0.2) is 41.3 Å². The van der Waals surface area contributed by atoms with Crippen LogP contribution < -0.4 is 5.32 Å². The van der Waals surface area contributed by atoms with Gasteiger partial charge in [0.05, 0.1) is 6.54 Å². The Balaban J connectivity index is 2.07. The quantitative estimate of drug-likeness (QED) is 0.891. The van der Waals surface area contributed by atoms with Crippen molar-refractivity contribution in [1.29, 1.82) is 0 Å². The maximum Gasteiger partial charge on any atom is 0.254 e. The zero-order valence-electron chi connectivity index (χ0n) is 11.9. The summed E-state index contributed by atoms with van der Waals surface area (Å²) in [6, 6.07) is 7.48. The van der Waals surface area contributed by atoms with Gasteiger partial charge in [-0.25, -0.2) is 0 Å². The monoisotopic (exact) mass is 273 g/mol. The summed E-state index contributed by atoms with van der Waals surface area (Å²) in [6.45, 7) is 3.83. The van der Waals surface area contributed by atoms with Crippen LogP contribution in [0.3, 0.4) is 0 Å². The Morgan fingerprint density at radius 2 is 2.05 bits per heavy atom. The molecule has 2 amide bonds. The number of nitrogens with zero attached hydrogens (tertiary/aromatic N) is 1. The van der Waals surface area contributed by atoms with Gasteiger partial charge in [-0.05, 0) is 37.4 Å². The van der Waals surface area contributed by atoms with Crippen molar-refractivity contribution in [2.75, 3.05) is 13.6 Å². The molecule has 1 aromatic carbocycles. The Morgan fingerprint density at radius 1 is 1.30 bits per heavy atom. The summed E-state index contributed by atoms with van der Waals surface area (Å²) in [5, 5.41) is 3.82. The molecule has 106 valence electrons. The van der Waals surface area contributed by atoms with E-state index in [1.807, 2.05) is 32.2 Å². The van der Waals surface area contributed by atoms with Crippen LogP contribution in [0.4, 0.5) is 0 Å². The van der Waals surface area contributed by atoms with Crippen LogP contribution in [0.1, 0.15) is 24.2 Å². The topological polar surface area (TPSA) is 65.2 Å². The first kappa shape index (κ1) is 14.1. The lowest BCUT2D eigenvalue weighted by molar-refractivity contribution is -0.122. The second kappa shape index (κ2) is 5.77. The highest BCUT2D eigenvalue weighted by Gasteiger charge is 2.15. The van der Waals surface area contributed by atoms with Crippen LogP contribution >= 0.6 is 0 Å². The van der Waals surface area contributed by atoms with Crippen molar-refractivity contribution < 1.29 is 9.59 Å². The Morgan fingerprint density at radius 3 is 2.75 bits per heavy atom. The highest BCUT2D eigenvalue weighted by Crippen LogP contribution is 2.15. The lowest BCUT2D eigenvalue weighted by Crippen LogP contribution is -2.40. The average molecular weight is 273 g/mol. The molecule has 1 heterocycles. The molecular weight excluding hydrogens is 254 g/mol. The first-order valence-electron chi connectivity index (χ1n) is 6.59. The average Bonchev–Trinajstić information content (AvgIpc) is 2.83. The molecule has 0 atom stereocenters. The lowest BCUT2D eigenvalue weighted by Gasteiger charge is -2.18. The summed E-state index contributed by atoms with van der Waals surface area (Å²) in [4.78, 5) is 28.4. The number of carbonyl (C=O) groups is 2. The number of amides is 2. The van der Waals surface area contributed by atoms with E-state index in [9.17, 15) is 9.59 Å². The van der Waals surface area contributed by atoms with E-state index in [2.05, 4.69) is 10.3 Å². The molecule has 2 N–H and O–H groups in total. The zero-order valence-corrected chi connectivity index (χ0v) is 11.9. The fourth-order valence-corrected chi connectivity index (χ4v) is 2.06. The van der Waals surface area contributed by atoms with Crippen LogP contribution in [0.2, 0.25) is 0 Å². The van der Waals surface area contributed by atoms with Gasteiger partial charge in [0.1, 0.15) is 0 Å². The van der Waals surface area contributed by atoms with E-state index in [0.717, 1.165) is 10.9 Å². The number of H-pyrrole nitrogens is 1. The van der Waals surface area contributed by atoms with E-state index in [-0.39, 0.29) is 24.4 Å². The van der Waals surface area contributed by atoms with Gasteiger partial charge in [-0.2, -0.15) is 0 Å². The van der Waals surface area contributed by atoms with E-state index in [4.69, 9.17) is 0 Å². The number of fused-ring (bicyclic) bond motifs is 1. The second-order valence-electron chi connectivity index (χ2n) is 5.16. The van der Waals surface area contributed by atoms with Gasteiger partial charge in [-0.3, -0.25) is 9.59 Å². The molecule has 0 radical (unpaired) electrons. The number of hydrogen-bond acceptors (Lipinski definition) is 2. The van der Waals surface area contributed by atoms with Gasteiger partial charge >= 0.3 is 0 Å². The molecule has 2 rings (SSSR count). The summed E-state index contributed by atoms with van der Waals surface area (Å²) in [6.07, 6.45) is 1.83. The predicted molar refractivity (Wildman–Crippen MR) is 78.5 cm³/mol. The number of likely N-dealkylation sites (N-methyl/N-ethyl adjacent to an activating group) is 1.